The summed E-state index contributed by atoms with van der Waals surface area (Å²) in [6.45, 7) is 0. The Labute approximate surface area is 198 Å². The van der Waals surface area contributed by atoms with Gasteiger partial charge in [0.15, 0.2) is 0 Å². The lowest BCUT2D eigenvalue weighted by molar-refractivity contribution is 0.485. The second-order valence-electron chi connectivity index (χ2n) is 9.83. The lowest BCUT2D eigenvalue weighted by Gasteiger charge is -2.40. The molecule has 2 aromatic rings. The van der Waals surface area contributed by atoms with Gasteiger partial charge < -0.3 is 0 Å². The molecule has 0 amide bonds. The van der Waals surface area contributed by atoms with Crippen LogP contribution in [0.3, 0.4) is 0 Å². The Hall–Kier alpha value is -1.22. The summed E-state index contributed by atoms with van der Waals surface area (Å²) < 4.78 is 0. The minimum Gasteiger partial charge on any atom is -0.0798 e. The molecule has 0 radical (unpaired) electrons. The minimum absolute atomic E-state index is 0.0217. The number of allylic oxidation sites excluding steroid dienone is 4. The highest BCUT2D eigenvalue weighted by Gasteiger charge is 2.35. The van der Waals surface area contributed by atoms with E-state index in [1.807, 2.05) is 5.31 Å². The van der Waals surface area contributed by atoms with E-state index in [-0.39, 0.29) is 15.8 Å². The van der Waals surface area contributed by atoms with Crippen LogP contribution in [0, 0.1) is 0 Å². The SMILES string of the molecule is C1=CC(CP(c2ccccc2)c2ccccc2)=C(P(C2CCCCC2)C2CCCCC2)C1. The highest BCUT2D eigenvalue weighted by Crippen LogP contribution is 2.64. The van der Waals surface area contributed by atoms with Crippen LogP contribution in [-0.2, 0) is 0 Å². The summed E-state index contributed by atoms with van der Waals surface area (Å²) in [5, 5.41) is 4.97. The first-order chi connectivity index (χ1) is 15.9. The molecule has 0 N–H and O–H groups in total. The van der Waals surface area contributed by atoms with Gasteiger partial charge in [0, 0.05) is 6.16 Å². The molecule has 2 saturated carbocycles. The predicted molar refractivity (Wildman–Crippen MR) is 145 cm³/mol. The number of rotatable bonds is 7. The van der Waals surface area contributed by atoms with Crippen molar-refractivity contribution in [3.63, 3.8) is 0 Å². The standard InChI is InChI=1S/C30H38P2/c1-5-15-26(16-6-1)31(27-17-7-2-8-18-27)24-25-14-13-23-30(25)32(28-19-9-3-10-20-28)29-21-11-4-12-22-29/h1-2,5-8,13-18,28-29H,3-4,9-12,19-24H2. The molecule has 0 unspecified atom stereocenters. The van der Waals surface area contributed by atoms with Crippen LogP contribution in [-0.4, -0.2) is 17.5 Å². The largest absolute Gasteiger partial charge is 0.0798 e. The number of benzene rings is 2. The Bertz CT molecular complexity index is 845. The number of hydrogen-bond acceptors (Lipinski definition) is 0. The van der Waals surface area contributed by atoms with Crippen molar-refractivity contribution in [2.45, 2.75) is 81.9 Å². The molecule has 0 saturated heterocycles. The van der Waals surface area contributed by atoms with Gasteiger partial charge in [0.2, 0.25) is 0 Å². The van der Waals surface area contributed by atoms with E-state index in [9.17, 15) is 0 Å². The maximum atomic E-state index is 2.54. The molecular formula is C30H38P2. The first kappa shape index (κ1) is 22.6. The third kappa shape index (κ3) is 5.29. The van der Waals surface area contributed by atoms with Crippen molar-refractivity contribution in [1.82, 2.24) is 0 Å². The average molecular weight is 461 g/mol. The molecule has 0 aliphatic heterocycles. The van der Waals surface area contributed by atoms with Gasteiger partial charge in [-0.1, -0.05) is 119 Å². The lowest BCUT2D eigenvalue weighted by atomic mass is 9.99. The summed E-state index contributed by atoms with van der Waals surface area (Å²) in [4.78, 5) is 0. The Morgan fingerprint density at radius 2 is 1.12 bits per heavy atom. The van der Waals surface area contributed by atoms with Gasteiger partial charge in [-0.25, -0.2) is 0 Å². The summed E-state index contributed by atoms with van der Waals surface area (Å²) in [6, 6.07) is 22.7. The second kappa shape index (κ2) is 11.3. The van der Waals surface area contributed by atoms with Gasteiger partial charge in [-0.3, -0.25) is 0 Å². The molecule has 32 heavy (non-hydrogen) atoms. The van der Waals surface area contributed by atoms with E-state index in [1.54, 1.807) is 5.57 Å². The topological polar surface area (TPSA) is 0 Å². The van der Waals surface area contributed by atoms with Crippen molar-refractivity contribution >= 4 is 26.5 Å². The minimum atomic E-state index is -0.347. The first-order valence-electron chi connectivity index (χ1n) is 12.9. The van der Waals surface area contributed by atoms with E-state index in [0.717, 1.165) is 11.3 Å². The monoisotopic (exact) mass is 460 g/mol. The van der Waals surface area contributed by atoms with Crippen molar-refractivity contribution in [3.8, 4) is 0 Å². The van der Waals surface area contributed by atoms with E-state index >= 15 is 0 Å². The van der Waals surface area contributed by atoms with Crippen LogP contribution in [0.5, 0.6) is 0 Å². The van der Waals surface area contributed by atoms with E-state index in [0.29, 0.717) is 0 Å². The normalized spacial score (nSPS) is 20.6. The molecule has 5 rings (SSSR count). The van der Waals surface area contributed by atoms with Crippen molar-refractivity contribution in [2.24, 2.45) is 0 Å². The average Bonchev–Trinajstić information content (AvgIpc) is 3.33. The Morgan fingerprint density at radius 3 is 1.62 bits per heavy atom. The molecule has 168 valence electrons. The van der Waals surface area contributed by atoms with Crippen LogP contribution in [0.25, 0.3) is 0 Å². The first-order valence-corrected chi connectivity index (χ1v) is 16.0. The van der Waals surface area contributed by atoms with Crippen LogP contribution < -0.4 is 10.6 Å². The zero-order valence-electron chi connectivity index (χ0n) is 19.5. The van der Waals surface area contributed by atoms with Crippen molar-refractivity contribution < 1.29 is 0 Å². The zero-order chi connectivity index (χ0) is 21.6. The lowest BCUT2D eigenvalue weighted by Crippen LogP contribution is -2.22. The molecule has 2 aromatic carbocycles. The summed E-state index contributed by atoms with van der Waals surface area (Å²) in [6.07, 6.45) is 22.4. The molecule has 0 nitrogen and oxygen atoms in total. The van der Waals surface area contributed by atoms with E-state index in [4.69, 9.17) is 0 Å². The highest BCUT2D eigenvalue weighted by atomic mass is 31.1. The van der Waals surface area contributed by atoms with Crippen LogP contribution in [0.4, 0.5) is 0 Å². The fraction of sp³-hybridized carbons (Fsp3) is 0.467. The van der Waals surface area contributed by atoms with Gasteiger partial charge in [0.05, 0.1) is 0 Å². The third-order valence-electron chi connectivity index (χ3n) is 7.71. The summed E-state index contributed by atoms with van der Waals surface area (Å²) in [5.41, 5.74) is 3.74. The van der Waals surface area contributed by atoms with E-state index in [2.05, 4.69) is 72.8 Å². The molecule has 2 heteroatoms. The smallest absolute Gasteiger partial charge is 0.00106 e. The van der Waals surface area contributed by atoms with Gasteiger partial charge in [0.25, 0.3) is 0 Å². The molecule has 2 fully saturated rings. The fourth-order valence-corrected chi connectivity index (χ4v) is 12.7. The van der Waals surface area contributed by atoms with E-state index in [1.165, 1.54) is 87.4 Å². The van der Waals surface area contributed by atoms with Gasteiger partial charge in [-0.2, -0.15) is 0 Å². The Balaban J connectivity index is 1.48. The molecule has 3 aliphatic carbocycles. The van der Waals surface area contributed by atoms with E-state index < -0.39 is 0 Å². The van der Waals surface area contributed by atoms with Crippen LogP contribution in [0.1, 0.15) is 70.6 Å². The van der Waals surface area contributed by atoms with Gasteiger partial charge >= 0.3 is 0 Å². The molecular weight excluding hydrogens is 422 g/mol. The predicted octanol–water partition coefficient (Wildman–Crippen LogP) is 8.48. The summed E-state index contributed by atoms with van der Waals surface area (Å²) in [5.74, 6) is 0. The van der Waals surface area contributed by atoms with Crippen molar-refractivity contribution in [2.75, 3.05) is 6.16 Å². The molecule has 3 aliphatic rings. The maximum Gasteiger partial charge on any atom is 0.00106 e. The second-order valence-corrected chi connectivity index (χ2v) is 14.8. The van der Waals surface area contributed by atoms with Gasteiger partial charge in [0.1, 0.15) is 0 Å². The maximum absolute atomic E-state index is 2.54. The van der Waals surface area contributed by atoms with Crippen LogP contribution in [0.15, 0.2) is 83.7 Å². The zero-order valence-corrected chi connectivity index (χ0v) is 21.3. The third-order valence-corrected chi connectivity index (χ3v) is 13.9. The van der Waals surface area contributed by atoms with Crippen LogP contribution in [0.2, 0.25) is 0 Å². The van der Waals surface area contributed by atoms with Crippen molar-refractivity contribution in [3.05, 3.63) is 83.7 Å². The molecule has 0 aromatic heterocycles. The molecule has 0 bridgehead atoms. The fourth-order valence-electron chi connectivity index (χ4n) is 6.13. The van der Waals surface area contributed by atoms with Gasteiger partial charge in [-0.05, 0) is 72.8 Å². The molecule has 0 spiro atoms. The molecule has 0 atom stereocenters. The van der Waals surface area contributed by atoms with Gasteiger partial charge in [-0.15, -0.1) is 0 Å². The molecule has 0 heterocycles. The Morgan fingerprint density at radius 1 is 0.625 bits per heavy atom. The summed E-state index contributed by atoms with van der Waals surface area (Å²) in [7, 11) is -0.325. The van der Waals surface area contributed by atoms with Crippen LogP contribution >= 0.6 is 15.8 Å². The Kier molecular flexibility index (Phi) is 7.95. The van der Waals surface area contributed by atoms with Crippen molar-refractivity contribution in [1.29, 1.82) is 0 Å². The highest BCUT2D eigenvalue weighted by molar-refractivity contribution is 7.73. The quantitative estimate of drug-likeness (QED) is 0.364. The summed E-state index contributed by atoms with van der Waals surface area (Å²) >= 11 is 0. The number of hydrogen-bond donors (Lipinski definition) is 0.